The van der Waals surface area contributed by atoms with Crippen molar-refractivity contribution in [1.82, 2.24) is 20.4 Å². The highest BCUT2D eigenvalue weighted by atomic mass is 35.5. The number of pyridine rings is 1. The van der Waals surface area contributed by atoms with Gasteiger partial charge in [0.25, 0.3) is 0 Å². The summed E-state index contributed by atoms with van der Waals surface area (Å²) >= 11 is 11.2. The second-order valence-corrected chi connectivity index (χ2v) is 5.73. The molecule has 0 aliphatic rings. The molecule has 3 rings (SSSR count). The van der Waals surface area contributed by atoms with Gasteiger partial charge < -0.3 is 19.9 Å². The van der Waals surface area contributed by atoms with E-state index in [1.54, 1.807) is 37.6 Å². The highest BCUT2D eigenvalue weighted by Crippen LogP contribution is 2.21. The van der Waals surface area contributed by atoms with Gasteiger partial charge in [-0.15, -0.1) is 0 Å². The summed E-state index contributed by atoms with van der Waals surface area (Å²) in [5.41, 5.74) is 0.779. The number of hydrogen-bond acceptors (Lipinski definition) is 6. The van der Waals surface area contributed by atoms with Crippen LogP contribution in [0, 0.1) is 0 Å². The first kappa shape index (κ1) is 17.1. The molecule has 1 aromatic carbocycles. The summed E-state index contributed by atoms with van der Waals surface area (Å²) in [6.45, 7) is 0.272. The molecule has 0 fully saturated rings. The highest BCUT2D eigenvalue weighted by molar-refractivity contribution is 7.80. The molecular formula is C16H14ClN5O2S. The van der Waals surface area contributed by atoms with E-state index in [9.17, 15) is 0 Å². The van der Waals surface area contributed by atoms with Crippen LogP contribution >= 0.6 is 23.8 Å². The third kappa shape index (κ3) is 4.43. The number of benzene rings is 1. The van der Waals surface area contributed by atoms with Crippen LogP contribution in [0.4, 0.5) is 5.82 Å². The van der Waals surface area contributed by atoms with Gasteiger partial charge in [0, 0.05) is 16.8 Å². The van der Waals surface area contributed by atoms with Crippen LogP contribution in [-0.2, 0) is 6.54 Å². The SMILES string of the molecule is COc1cccnc1NC(=S)NCc1nc(-c2cccc(Cl)c2)no1. The zero-order chi connectivity index (χ0) is 17.6. The lowest BCUT2D eigenvalue weighted by Gasteiger charge is -2.10. The maximum Gasteiger partial charge on any atom is 0.246 e. The van der Waals surface area contributed by atoms with Gasteiger partial charge in [0.2, 0.25) is 11.7 Å². The Kier molecular flexibility index (Phi) is 5.42. The summed E-state index contributed by atoms with van der Waals surface area (Å²) in [7, 11) is 1.56. The predicted octanol–water partition coefficient (Wildman–Crippen LogP) is 3.28. The summed E-state index contributed by atoms with van der Waals surface area (Å²) in [4.78, 5) is 8.48. The normalized spacial score (nSPS) is 10.3. The number of methoxy groups -OCH3 is 1. The first-order valence-corrected chi connectivity index (χ1v) is 8.06. The number of anilines is 1. The van der Waals surface area contributed by atoms with Crippen molar-refractivity contribution < 1.29 is 9.26 Å². The zero-order valence-electron chi connectivity index (χ0n) is 13.2. The van der Waals surface area contributed by atoms with E-state index >= 15 is 0 Å². The molecule has 9 heteroatoms. The molecule has 128 valence electrons. The molecule has 3 aromatic rings. The van der Waals surface area contributed by atoms with Crippen molar-refractivity contribution in [2.45, 2.75) is 6.54 Å². The number of nitrogens with zero attached hydrogens (tertiary/aromatic N) is 3. The highest BCUT2D eigenvalue weighted by Gasteiger charge is 2.10. The van der Waals surface area contributed by atoms with E-state index in [0.29, 0.717) is 33.4 Å². The molecule has 0 saturated heterocycles. The lowest BCUT2D eigenvalue weighted by Crippen LogP contribution is -2.28. The van der Waals surface area contributed by atoms with E-state index in [1.807, 2.05) is 12.1 Å². The first-order chi connectivity index (χ1) is 12.2. The molecule has 0 amide bonds. The average Bonchev–Trinajstić information content (AvgIpc) is 3.09. The Hall–Kier alpha value is -2.71. The third-order valence-corrected chi connectivity index (χ3v) is 3.66. The van der Waals surface area contributed by atoms with E-state index in [0.717, 1.165) is 5.56 Å². The summed E-state index contributed by atoms with van der Waals surface area (Å²) in [5, 5.41) is 10.8. The molecule has 0 atom stereocenters. The van der Waals surface area contributed by atoms with E-state index in [2.05, 4.69) is 25.8 Å². The Morgan fingerprint density at radius 2 is 2.20 bits per heavy atom. The maximum atomic E-state index is 5.97. The van der Waals surface area contributed by atoms with E-state index in [1.165, 1.54) is 0 Å². The number of ether oxygens (including phenoxy) is 1. The van der Waals surface area contributed by atoms with Gasteiger partial charge in [0.15, 0.2) is 16.7 Å². The maximum absolute atomic E-state index is 5.97. The number of rotatable bonds is 5. The Balaban J connectivity index is 1.59. The fraction of sp³-hybridized carbons (Fsp3) is 0.125. The van der Waals surface area contributed by atoms with Crippen molar-refractivity contribution >= 4 is 34.7 Å². The summed E-state index contributed by atoms with van der Waals surface area (Å²) in [6, 6.07) is 10.8. The molecule has 2 aromatic heterocycles. The fourth-order valence-corrected chi connectivity index (χ4v) is 2.39. The van der Waals surface area contributed by atoms with E-state index < -0.39 is 0 Å². The van der Waals surface area contributed by atoms with Crippen molar-refractivity contribution in [1.29, 1.82) is 0 Å². The standard InChI is InChI=1S/C16H14ClN5O2S/c1-23-12-6-3-7-18-15(12)21-16(25)19-9-13-20-14(22-24-13)10-4-2-5-11(17)8-10/h2-8H,9H2,1H3,(H2,18,19,21,25). The lowest BCUT2D eigenvalue weighted by atomic mass is 10.2. The van der Waals surface area contributed by atoms with Gasteiger partial charge in [-0.25, -0.2) is 4.98 Å². The first-order valence-electron chi connectivity index (χ1n) is 7.28. The molecule has 25 heavy (non-hydrogen) atoms. The topological polar surface area (TPSA) is 85.1 Å². The molecule has 0 bridgehead atoms. The van der Waals surface area contributed by atoms with Gasteiger partial charge in [-0.2, -0.15) is 4.98 Å². The molecule has 0 aliphatic heterocycles. The molecule has 0 saturated carbocycles. The Morgan fingerprint density at radius 3 is 3.00 bits per heavy atom. The summed E-state index contributed by atoms with van der Waals surface area (Å²) < 4.78 is 10.4. The third-order valence-electron chi connectivity index (χ3n) is 3.17. The quantitative estimate of drug-likeness (QED) is 0.657. The smallest absolute Gasteiger partial charge is 0.246 e. The second-order valence-electron chi connectivity index (χ2n) is 4.88. The van der Waals surface area contributed by atoms with Gasteiger partial charge in [0.05, 0.1) is 13.7 Å². The Bertz CT molecular complexity index is 886. The molecule has 0 aliphatic carbocycles. The van der Waals surface area contributed by atoms with E-state index in [4.69, 9.17) is 33.1 Å². The van der Waals surface area contributed by atoms with Crippen LogP contribution in [0.15, 0.2) is 47.1 Å². The summed E-state index contributed by atoms with van der Waals surface area (Å²) in [5.74, 6) is 1.97. The number of nitrogens with one attached hydrogen (secondary N) is 2. The van der Waals surface area contributed by atoms with Gasteiger partial charge >= 0.3 is 0 Å². The van der Waals surface area contributed by atoms with E-state index in [-0.39, 0.29) is 6.54 Å². The summed E-state index contributed by atoms with van der Waals surface area (Å²) in [6.07, 6.45) is 1.64. The largest absolute Gasteiger partial charge is 0.493 e. The molecule has 2 heterocycles. The molecular weight excluding hydrogens is 362 g/mol. The van der Waals surface area contributed by atoms with Crippen molar-refractivity contribution in [3.8, 4) is 17.1 Å². The van der Waals surface area contributed by atoms with Crippen LogP contribution in [0.5, 0.6) is 5.75 Å². The van der Waals surface area contributed by atoms with Crippen molar-refractivity contribution in [3.05, 3.63) is 53.5 Å². The minimum absolute atomic E-state index is 0.272. The Labute approximate surface area is 154 Å². The molecule has 0 unspecified atom stereocenters. The minimum atomic E-state index is 0.272. The molecule has 0 spiro atoms. The van der Waals surface area contributed by atoms with Gasteiger partial charge in [-0.1, -0.05) is 28.9 Å². The minimum Gasteiger partial charge on any atom is -0.493 e. The molecule has 7 nitrogen and oxygen atoms in total. The Morgan fingerprint density at radius 1 is 1.32 bits per heavy atom. The average molecular weight is 376 g/mol. The fourth-order valence-electron chi connectivity index (χ4n) is 2.03. The van der Waals surface area contributed by atoms with Crippen molar-refractivity contribution in [3.63, 3.8) is 0 Å². The second kappa shape index (κ2) is 7.91. The predicted molar refractivity (Wildman–Crippen MR) is 98.6 cm³/mol. The van der Waals surface area contributed by atoms with Crippen molar-refractivity contribution in [2.75, 3.05) is 12.4 Å². The van der Waals surface area contributed by atoms with Crippen LogP contribution in [0.1, 0.15) is 5.89 Å². The van der Waals surface area contributed by atoms with Gasteiger partial charge in [-0.3, -0.25) is 0 Å². The number of thiocarbonyl (C=S) groups is 1. The molecule has 2 N–H and O–H groups in total. The van der Waals surface area contributed by atoms with Gasteiger partial charge in [0.1, 0.15) is 0 Å². The van der Waals surface area contributed by atoms with Crippen molar-refractivity contribution in [2.24, 2.45) is 0 Å². The van der Waals surface area contributed by atoms with Crippen LogP contribution in [0.3, 0.4) is 0 Å². The number of aromatic nitrogens is 3. The van der Waals surface area contributed by atoms with Crippen LogP contribution < -0.4 is 15.4 Å². The lowest BCUT2D eigenvalue weighted by molar-refractivity contribution is 0.376. The van der Waals surface area contributed by atoms with Crippen LogP contribution in [0.25, 0.3) is 11.4 Å². The monoisotopic (exact) mass is 375 g/mol. The van der Waals surface area contributed by atoms with Crippen LogP contribution in [0.2, 0.25) is 5.02 Å². The van der Waals surface area contributed by atoms with Crippen LogP contribution in [-0.4, -0.2) is 27.3 Å². The molecule has 0 radical (unpaired) electrons. The zero-order valence-corrected chi connectivity index (χ0v) is 14.8. The van der Waals surface area contributed by atoms with Gasteiger partial charge in [-0.05, 0) is 36.5 Å². The number of hydrogen-bond donors (Lipinski definition) is 2. The number of halogens is 1.